The molecule has 0 unspecified atom stereocenters. The third-order valence-electron chi connectivity index (χ3n) is 2.45. The zero-order chi connectivity index (χ0) is 13.7. The van der Waals surface area contributed by atoms with Crippen LogP contribution < -0.4 is 5.32 Å². The van der Waals surface area contributed by atoms with E-state index in [9.17, 15) is 9.59 Å². The predicted octanol–water partition coefficient (Wildman–Crippen LogP) is 1.77. The summed E-state index contributed by atoms with van der Waals surface area (Å²) in [6.45, 7) is 1.77. The Morgan fingerprint density at radius 1 is 1.42 bits per heavy atom. The highest BCUT2D eigenvalue weighted by Crippen LogP contribution is 2.11. The monoisotopic (exact) mass is 275 g/mol. The fourth-order valence-corrected chi connectivity index (χ4v) is 2.25. The maximum absolute atomic E-state index is 11.8. The Morgan fingerprint density at radius 2 is 2.21 bits per heavy atom. The maximum Gasteiger partial charge on any atom is 0.230 e. The van der Waals surface area contributed by atoms with Crippen LogP contribution in [0.15, 0.2) is 24.3 Å². The number of carbonyl (C=O) groups excluding carboxylic acids is 2. The van der Waals surface area contributed by atoms with Gasteiger partial charge in [-0.15, -0.1) is 0 Å². The van der Waals surface area contributed by atoms with Crippen LogP contribution in [0, 0.1) is 6.92 Å². The number of nitrogens with one attached hydrogen (secondary N) is 1. The lowest BCUT2D eigenvalue weighted by Gasteiger charge is -2.03. The molecule has 0 spiro atoms. The minimum atomic E-state index is -0.139. The van der Waals surface area contributed by atoms with Gasteiger partial charge in [-0.2, -0.15) is 4.37 Å². The summed E-state index contributed by atoms with van der Waals surface area (Å²) in [4.78, 5) is 26.3. The van der Waals surface area contributed by atoms with Gasteiger partial charge in [-0.05, 0) is 18.1 Å². The highest BCUT2D eigenvalue weighted by molar-refractivity contribution is 7.09. The van der Waals surface area contributed by atoms with Crippen LogP contribution in [-0.2, 0) is 22.4 Å². The van der Waals surface area contributed by atoms with Gasteiger partial charge in [-0.25, -0.2) is 4.98 Å². The van der Waals surface area contributed by atoms with E-state index >= 15 is 0 Å². The van der Waals surface area contributed by atoms with E-state index in [1.54, 1.807) is 6.92 Å². The van der Waals surface area contributed by atoms with Crippen molar-refractivity contribution in [3.63, 3.8) is 0 Å². The molecule has 1 heterocycles. The molecule has 0 bridgehead atoms. The minimum absolute atomic E-state index is 0.139. The Morgan fingerprint density at radius 3 is 2.89 bits per heavy atom. The van der Waals surface area contributed by atoms with Crippen LogP contribution >= 0.6 is 11.5 Å². The second-order valence-corrected chi connectivity index (χ2v) is 4.81. The van der Waals surface area contributed by atoms with Crippen molar-refractivity contribution in [1.82, 2.24) is 9.36 Å². The number of rotatable bonds is 5. The van der Waals surface area contributed by atoms with Gasteiger partial charge in [-0.3, -0.25) is 4.79 Å². The summed E-state index contributed by atoms with van der Waals surface area (Å²) in [7, 11) is 0. The van der Waals surface area contributed by atoms with Crippen molar-refractivity contribution in [1.29, 1.82) is 0 Å². The molecule has 98 valence electrons. The number of nitrogens with zero attached hydrogens (tertiary/aromatic N) is 2. The maximum atomic E-state index is 11.8. The largest absolute Gasteiger partial charge is 0.303 e. The summed E-state index contributed by atoms with van der Waals surface area (Å²) in [5.74, 6) is 0.507. The van der Waals surface area contributed by atoms with E-state index in [1.807, 2.05) is 24.3 Å². The van der Waals surface area contributed by atoms with Crippen molar-refractivity contribution in [2.75, 3.05) is 5.32 Å². The van der Waals surface area contributed by atoms with Crippen molar-refractivity contribution in [2.45, 2.75) is 19.8 Å². The molecule has 2 rings (SSSR count). The summed E-state index contributed by atoms with van der Waals surface area (Å²) in [5.41, 5.74) is 1.78. The lowest BCUT2D eigenvalue weighted by molar-refractivity contribution is -0.115. The van der Waals surface area contributed by atoms with Crippen LogP contribution in [-0.4, -0.2) is 21.6 Å². The fraction of sp³-hybridized carbons (Fsp3) is 0.231. The second kappa shape index (κ2) is 6.19. The Hall–Kier alpha value is -2.08. The van der Waals surface area contributed by atoms with E-state index in [4.69, 9.17) is 0 Å². The van der Waals surface area contributed by atoms with Crippen molar-refractivity contribution in [3.8, 4) is 0 Å². The second-order valence-electron chi connectivity index (χ2n) is 4.06. The Kier molecular flexibility index (Phi) is 4.35. The number of aldehydes is 1. The van der Waals surface area contributed by atoms with Crippen LogP contribution in [0.2, 0.25) is 0 Å². The zero-order valence-electron chi connectivity index (χ0n) is 10.4. The summed E-state index contributed by atoms with van der Waals surface area (Å²) >= 11 is 1.16. The molecule has 0 atom stereocenters. The summed E-state index contributed by atoms with van der Waals surface area (Å²) in [6, 6.07) is 7.43. The molecular weight excluding hydrogens is 262 g/mol. The molecule has 0 radical (unpaired) electrons. The van der Waals surface area contributed by atoms with Gasteiger partial charge in [0.05, 0.1) is 6.42 Å². The van der Waals surface area contributed by atoms with Gasteiger partial charge in [0, 0.05) is 18.0 Å². The molecule has 2 aromatic rings. The van der Waals surface area contributed by atoms with Crippen molar-refractivity contribution < 1.29 is 9.59 Å². The molecule has 5 nitrogen and oxygen atoms in total. The normalized spacial score (nSPS) is 10.2. The van der Waals surface area contributed by atoms with Gasteiger partial charge in [0.2, 0.25) is 11.0 Å². The first-order valence-corrected chi connectivity index (χ1v) is 6.56. The zero-order valence-corrected chi connectivity index (χ0v) is 11.2. The first kappa shape index (κ1) is 13.4. The first-order valence-electron chi connectivity index (χ1n) is 5.79. The van der Waals surface area contributed by atoms with Gasteiger partial charge < -0.3 is 10.1 Å². The van der Waals surface area contributed by atoms with E-state index in [-0.39, 0.29) is 12.3 Å². The molecule has 0 aliphatic carbocycles. The molecule has 6 heteroatoms. The SMILES string of the molecule is Cc1nsc(NC(=O)Cc2cccc(CC=O)c2)n1. The lowest BCUT2D eigenvalue weighted by Crippen LogP contribution is -2.14. The number of carbonyl (C=O) groups is 2. The van der Waals surface area contributed by atoms with Crippen LogP contribution in [0.5, 0.6) is 0 Å². The molecular formula is C13H13N3O2S. The van der Waals surface area contributed by atoms with E-state index in [2.05, 4.69) is 14.7 Å². The van der Waals surface area contributed by atoms with Crippen molar-refractivity contribution >= 4 is 28.9 Å². The number of amides is 1. The standard InChI is InChI=1S/C13H13N3O2S/c1-9-14-13(19-16-9)15-12(18)8-11-4-2-3-10(7-11)5-6-17/h2-4,6-7H,5,8H2,1H3,(H,14,15,16,18). The average Bonchev–Trinajstić information content (AvgIpc) is 2.75. The minimum Gasteiger partial charge on any atom is -0.303 e. The molecule has 19 heavy (non-hydrogen) atoms. The number of hydrogen-bond acceptors (Lipinski definition) is 5. The van der Waals surface area contributed by atoms with Crippen LogP contribution in [0.3, 0.4) is 0 Å². The Bertz CT molecular complexity index is 595. The molecule has 1 aromatic heterocycles. The van der Waals surface area contributed by atoms with Gasteiger partial charge in [0.25, 0.3) is 0 Å². The summed E-state index contributed by atoms with van der Waals surface area (Å²) in [6.07, 6.45) is 1.47. The predicted molar refractivity (Wildman–Crippen MR) is 73.2 cm³/mol. The number of aromatic nitrogens is 2. The third kappa shape index (κ3) is 3.96. The fourth-order valence-electron chi connectivity index (χ4n) is 1.66. The Labute approximate surface area is 114 Å². The molecule has 0 aliphatic heterocycles. The van der Waals surface area contributed by atoms with Crippen molar-refractivity contribution in [2.24, 2.45) is 0 Å². The van der Waals surface area contributed by atoms with Crippen LogP contribution in [0.4, 0.5) is 5.13 Å². The topological polar surface area (TPSA) is 72.0 Å². The average molecular weight is 275 g/mol. The molecule has 0 fully saturated rings. The molecule has 1 aromatic carbocycles. The highest BCUT2D eigenvalue weighted by atomic mass is 32.1. The van der Waals surface area contributed by atoms with E-state index < -0.39 is 0 Å². The number of anilines is 1. The van der Waals surface area contributed by atoms with Crippen LogP contribution in [0.1, 0.15) is 17.0 Å². The Balaban J connectivity index is 1.98. The molecule has 0 aliphatic rings. The molecule has 0 saturated heterocycles. The van der Waals surface area contributed by atoms with Crippen LogP contribution in [0.25, 0.3) is 0 Å². The molecule has 1 amide bonds. The van der Waals surface area contributed by atoms with Gasteiger partial charge >= 0.3 is 0 Å². The first-order chi connectivity index (χ1) is 9.17. The number of benzene rings is 1. The summed E-state index contributed by atoms with van der Waals surface area (Å²) < 4.78 is 3.99. The van der Waals surface area contributed by atoms with Gasteiger partial charge in [0.15, 0.2) is 0 Å². The third-order valence-corrected chi connectivity index (χ3v) is 3.17. The van der Waals surface area contributed by atoms with E-state index in [0.717, 1.165) is 28.9 Å². The molecule has 1 N–H and O–H groups in total. The highest BCUT2D eigenvalue weighted by Gasteiger charge is 2.07. The quantitative estimate of drug-likeness (QED) is 0.844. The van der Waals surface area contributed by atoms with Gasteiger partial charge in [-0.1, -0.05) is 24.3 Å². The lowest BCUT2D eigenvalue weighted by atomic mass is 10.1. The van der Waals surface area contributed by atoms with E-state index in [1.165, 1.54) is 0 Å². The number of hydrogen-bond donors (Lipinski definition) is 1. The van der Waals surface area contributed by atoms with Crippen molar-refractivity contribution in [3.05, 3.63) is 41.2 Å². The smallest absolute Gasteiger partial charge is 0.230 e. The summed E-state index contributed by atoms with van der Waals surface area (Å²) in [5, 5.41) is 3.21. The van der Waals surface area contributed by atoms with E-state index in [0.29, 0.717) is 17.4 Å². The van der Waals surface area contributed by atoms with Gasteiger partial charge in [0.1, 0.15) is 12.1 Å². The molecule has 0 saturated carbocycles. The number of aryl methyl sites for hydroxylation is 1.